The van der Waals surface area contributed by atoms with Gasteiger partial charge in [0.25, 0.3) is 5.91 Å². The van der Waals surface area contributed by atoms with Gasteiger partial charge in [-0.3, -0.25) is 4.79 Å². The SMILES string of the molecule is CC[C@H](C)Oc1ccc(/C=C2/C(=O)N(c3ccccc3)N=C2C)cc1Cl. The molecular weight excluding hydrogens is 348 g/mol. The van der Waals surface area contributed by atoms with Gasteiger partial charge in [-0.1, -0.05) is 42.8 Å². The maximum atomic E-state index is 12.7. The summed E-state index contributed by atoms with van der Waals surface area (Å²) in [5.74, 6) is 0.502. The van der Waals surface area contributed by atoms with Crippen LogP contribution in [0.1, 0.15) is 32.8 Å². The highest BCUT2D eigenvalue weighted by atomic mass is 35.5. The minimum Gasteiger partial charge on any atom is -0.489 e. The van der Waals surface area contributed by atoms with E-state index < -0.39 is 0 Å². The standard InChI is InChI=1S/C21H21ClN2O2/c1-4-14(2)26-20-11-10-16(13-19(20)22)12-18-15(3)23-24(21(18)25)17-8-6-5-7-9-17/h5-14H,4H2,1-3H3/b18-12+/t14-/m0/s1. The van der Waals surface area contributed by atoms with E-state index in [9.17, 15) is 4.79 Å². The molecule has 0 saturated heterocycles. The van der Waals surface area contributed by atoms with E-state index in [1.165, 1.54) is 5.01 Å². The van der Waals surface area contributed by atoms with Crippen molar-refractivity contribution < 1.29 is 9.53 Å². The number of anilines is 1. The maximum Gasteiger partial charge on any atom is 0.280 e. The largest absolute Gasteiger partial charge is 0.489 e. The number of ether oxygens (including phenoxy) is 1. The quantitative estimate of drug-likeness (QED) is 0.670. The fourth-order valence-corrected chi connectivity index (χ4v) is 2.83. The van der Waals surface area contributed by atoms with E-state index >= 15 is 0 Å². The second-order valence-electron chi connectivity index (χ2n) is 6.22. The van der Waals surface area contributed by atoms with Gasteiger partial charge in [0.15, 0.2) is 0 Å². The second kappa shape index (κ2) is 7.75. The van der Waals surface area contributed by atoms with Gasteiger partial charge in [-0.15, -0.1) is 0 Å². The van der Waals surface area contributed by atoms with E-state index in [4.69, 9.17) is 16.3 Å². The first-order valence-electron chi connectivity index (χ1n) is 8.62. The van der Waals surface area contributed by atoms with Gasteiger partial charge in [0, 0.05) is 0 Å². The van der Waals surface area contributed by atoms with Gasteiger partial charge in [0.2, 0.25) is 0 Å². The summed E-state index contributed by atoms with van der Waals surface area (Å²) in [6.07, 6.45) is 2.81. The summed E-state index contributed by atoms with van der Waals surface area (Å²) < 4.78 is 5.78. The van der Waals surface area contributed by atoms with Crippen LogP contribution in [0, 0.1) is 0 Å². The van der Waals surface area contributed by atoms with Gasteiger partial charge in [-0.2, -0.15) is 10.1 Å². The van der Waals surface area contributed by atoms with Crippen LogP contribution in [-0.4, -0.2) is 17.7 Å². The lowest BCUT2D eigenvalue weighted by molar-refractivity contribution is -0.114. The number of nitrogens with zero attached hydrogens (tertiary/aromatic N) is 2. The molecule has 0 spiro atoms. The summed E-state index contributed by atoms with van der Waals surface area (Å²) in [6, 6.07) is 14.9. The summed E-state index contributed by atoms with van der Waals surface area (Å²) in [5, 5.41) is 6.33. The van der Waals surface area contributed by atoms with Crippen LogP contribution in [0.5, 0.6) is 5.75 Å². The van der Waals surface area contributed by atoms with Crippen LogP contribution in [0.3, 0.4) is 0 Å². The summed E-state index contributed by atoms with van der Waals surface area (Å²) in [5.41, 5.74) is 2.81. The third-order valence-electron chi connectivity index (χ3n) is 4.23. The van der Waals surface area contributed by atoms with Crippen molar-refractivity contribution in [2.75, 3.05) is 5.01 Å². The fourth-order valence-electron chi connectivity index (χ4n) is 2.60. The zero-order valence-electron chi connectivity index (χ0n) is 15.1. The lowest BCUT2D eigenvalue weighted by Gasteiger charge is -2.14. The molecule has 5 heteroatoms. The van der Waals surface area contributed by atoms with Crippen LogP contribution < -0.4 is 9.75 Å². The minimum absolute atomic E-state index is 0.0990. The molecule has 0 unspecified atom stereocenters. The number of hydrogen-bond acceptors (Lipinski definition) is 3. The molecule has 0 aromatic heterocycles. The summed E-state index contributed by atoms with van der Waals surface area (Å²) in [4.78, 5) is 12.7. The van der Waals surface area contributed by atoms with Crippen LogP contribution in [-0.2, 0) is 4.79 Å². The third-order valence-corrected chi connectivity index (χ3v) is 4.53. The number of carbonyl (C=O) groups is 1. The predicted octanol–water partition coefficient (Wildman–Crippen LogP) is 5.32. The van der Waals surface area contributed by atoms with Crippen molar-refractivity contribution in [2.45, 2.75) is 33.3 Å². The molecule has 0 fully saturated rings. The normalized spacial score (nSPS) is 16.8. The summed E-state index contributed by atoms with van der Waals surface area (Å²) in [7, 11) is 0. The van der Waals surface area contributed by atoms with E-state index in [-0.39, 0.29) is 12.0 Å². The van der Waals surface area contributed by atoms with Crippen molar-refractivity contribution in [1.82, 2.24) is 0 Å². The first-order valence-corrected chi connectivity index (χ1v) is 9.00. The Hall–Kier alpha value is -2.59. The summed E-state index contributed by atoms with van der Waals surface area (Å²) >= 11 is 6.33. The highest BCUT2D eigenvalue weighted by molar-refractivity contribution is 6.33. The Kier molecular flexibility index (Phi) is 5.43. The lowest BCUT2D eigenvalue weighted by Crippen LogP contribution is -2.21. The summed E-state index contributed by atoms with van der Waals surface area (Å²) in [6.45, 7) is 5.89. The monoisotopic (exact) mass is 368 g/mol. The van der Waals surface area contributed by atoms with Crippen molar-refractivity contribution >= 4 is 35.0 Å². The van der Waals surface area contributed by atoms with E-state index in [0.29, 0.717) is 22.1 Å². The molecule has 4 nitrogen and oxygen atoms in total. The predicted molar refractivity (Wildman–Crippen MR) is 107 cm³/mol. The Labute approximate surface area is 158 Å². The van der Waals surface area contributed by atoms with Crippen LogP contribution in [0.4, 0.5) is 5.69 Å². The highest BCUT2D eigenvalue weighted by Gasteiger charge is 2.28. The average Bonchev–Trinajstić information content (AvgIpc) is 2.92. The number of hydrogen-bond donors (Lipinski definition) is 0. The van der Waals surface area contributed by atoms with Gasteiger partial charge >= 0.3 is 0 Å². The Balaban J connectivity index is 1.85. The van der Waals surface area contributed by atoms with Crippen molar-refractivity contribution in [3.8, 4) is 5.75 Å². The first-order chi connectivity index (χ1) is 12.5. The number of benzene rings is 2. The lowest BCUT2D eigenvalue weighted by atomic mass is 10.1. The molecular formula is C21H21ClN2O2. The fraction of sp³-hybridized carbons (Fsp3) is 0.238. The molecule has 0 N–H and O–H groups in total. The number of halogens is 1. The first kappa shape index (κ1) is 18.2. The number of rotatable bonds is 5. The van der Waals surface area contributed by atoms with Gasteiger partial charge < -0.3 is 4.74 Å². The molecule has 1 aliphatic heterocycles. The number of amides is 1. The Bertz CT molecular complexity index is 875. The minimum atomic E-state index is -0.148. The number of carbonyl (C=O) groups excluding carboxylic acids is 1. The zero-order valence-corrected chi connectivity index (χ0v) is 15.8. The van der Waals surface area contributed by atoms with Gasteiger partial charge in [-0.25, -0.2) is 0 Å². The van der Waals surface area contributed by atoms with E-state index in [0.717, 1.165) is 17.7 Å². The van der Waals surface area contributed by atoms with Crippen molar-refractivity contribution in [3.05, 3.63) is 64.7 Å². The zero-order chi connectivity index (χ0) is 18.7. The van der Waals surface area contributed by atoms with Crippen LogP contribution in [0.15, 0.2) is 59.2 Å². The van der Waals surface area contributed by atoms with Crippen LogP contribution >= 0.6 is 11.6 Å². The van der Waals surface area contributed by atoms with Gasteiger partial charge in [-0.05, 0) is 56.2 Å². The van der Waals surface area contributed by atoms with E-state index in [1.54, 1.807) is 6.07 Å². The van der Waals surface area contributed by atoms with E-state index in [1.807, 2.05) is 62.4 Å². The van der Waals surface area contributed by atoms with Crippen LogP contribution in [0.2, 0.25) is 5.02 Å². The maximum absolute atomic E-state index is 12.7. The van der Waals surface area contributed by atoms with Gasteiger partial charge in [0.1, 0.15) is 5.75 Å². The highest BCUT2D eigenvalue weighted by Crippen LogP contribution is 2.29. The molecule has 0 saturated carbocycles. The van der Waals surface area contributed by atoms with E-state index in [2.05, 4.69) is 12.0 Å². The number of para-hydroxylation sites is 1. The van der Waals surface area contributed by atoms with Crippen molar-refractivity contribution in [3.63, 3.8) is 0 Å². The van der Waals surface area contributed by atoms with Gasteiger partial charge in [0.05, 0.1) is 28.1 Å². The molecule has 0 radical (unpaired) electrons. The molecule has 0 aliphatic carbocycles. The molecule has 1 atom stereocenters. The molecule has 134 valence electrons. The molecule has 3 rings (SSSR count). The topological polar surface area (TPSA) is 41.9 Å². The molecule has 1 aliphatic rings. The van der Waals surface area contributed by atoms with Crippen molar-refractivity contribution in [1.29, 1.82) is 0 Å². The second-order valence-corrected chi connectivity index (χ2v) is 6.63. The Morgan fingerprint density at radius 3 is 2.62 bits per heavy atom. The molecule has 26 heavy (non-hydrogen) atoms. The molecule has 2 aromatic rings. The number of hydrazone groups is 1. The third kappa shape index (κ3) is 3.81. The van der Waals surface area contributed by atoms with Crippen LogP contribution in [0.25, 0.3) is 6.08 Å². The average molecular weight is 369 g/mol. The molecule has 0 bridgehead atoms. The molecule has 1 heterocycles. The smallest absolute Gasteiger partial charge is 0.280 e. The Morgan fingerprint density at radius 2 is 1.96 bits per heavy atom. The molecule has 2 aromatic carbocycles. The Morgan fingerprint density at radius 1 is 1.23 bits per heavy atom. The molecule has 1 amide bonds. The van der Waals surface area contributed by atoms with Crippen molar-refractivity contribution in [2.24, 2.45) is 5.10 Å².